The fourth-order valence-electron chi connectivity index (χ4n) is 2.86. The number of benzene rings is 2. The molecular weight excluding hydrogens is 326 g/mol. The van der Waals surface area contributed by atoms with Gasteiger partial charge in [-0.05, 0) is 60.7 Å². The van der Waals surface area contributed by atoms with Crippen LogP contribution in [0.1, 0.15) is 24.4 Å². The largest absolute Gasteiger partial charge is 0.493 e. The van der Waals surface area contributed by atoms with Gasteiger partial charge in [0, 0.05) is 10.7 Å². The SMILES string of the molecule is O=C1OC[C@H](c2cccc(OCC3CC3)c2)N1c1ccc(Cl)cc1. The highest BCUT2D eigenvalue weighted by Crippen LogP contribution is 2.35. The zero-order valence-corrected chi connectivity index (χ0v) is 13.9. The lowest BCUT2D eigenvalue weighted by Crippen LogP contribution is -2.27. The maximum Gasteiger partial charge on any atom is 0.415 e. The van der Waals surface area contributed by atoms with Gasteiger partial charge in [-0.25, -0.2) is 4.79 Å². The minimum Gasteiger partial charge on any atom is -0.493 e. The Hall–Kier alpha value is -2.20. The summed E-state index contributed by atoms with van der Waals surface area (Å²) in [4.78, 5) is 13.9. The molecular formula is C19H18ClNO3. The third kappa shape index (κ3) is 3.20. The van der Waals surface area contributed by atoms with Crippen molar-refractivity contribution >= 4 is 23.4 Å². The van der Waals surface area contributed by atoms with Crippen LogP contribution in [0.3, 0.4) is 0 Å². The summed E-state index contributed by atoms with van der Waals surface area (Å²) in [5.41, 5.74) is 1.78. The minimum atomic E-state index is -0.341. The van der Waals surface area contributed by atoms with Crippen molar-refractivity contribution in [1.82, 2.24) is 0 Å². The summed E-state index contributed by atoms with van der Waals surface area (Å²) in [5.74, 6) is 1.55. The maximum absolute atomic E-state index is 12.2. The number of carbonyl (C=O) groups excluding carboxylic acids is 1. The number of halogens is 1. The number of rotatable bonds is 5. The molecule has 2 aliphatic rings. The van der Waals surface area contributed by atoms with Gasteiger partial charge in [0.15, 0.2) is 0 Å². The van der Waals surface area contributed by atoms with Crippen molar-refractivity contribution in [2.24, 2.45) is 5.92 Å². The summed E-state index contributed by atoms with van der Waals surface area (Å²) in [6, 6.07) is 14.9. The monoisotopic (exact) mass is 343 g/mol. The van der Waals surface area contributed by atoms with E-state index in [9.17, 15) is 4.79 Å². The van der Waals surface area contributed by atoms with E-state index in [1.807, 2.05) is 36.4 Å². The second-order valence-corrected chi connectivity index (χ2v) is 6.70. The van der Waals surface area contributed by atoms with Crippen LogP contribution in [0.25, 0.3) is 0 Å². The van der Waals surface area contributed by atoms with Crippen molar-refractivity contribution in [2.45, 2.75) is 18.9 Å². The van der Waals surface area contributed by atoms with Crippen LogP contribution in [-0.4, -0.2) is 19.3 Å². The fraction of sp³-hybridized carbons (Fsp3) is 0.316. The number of hydrogen-bond acceptors (Lipinski definition) is 3. The van der Waals surface area contributed by atoms with E-state index in [1.54, 1.807) is 17.0 Å². The Morgan fingerprint density at radius 1 is 1.17 bits per heavy atom. The molecule has 1 aliphatic carbocycles. The van der Waals surface area contributed by atoms with E-state index < -0.39 is 0 Å². The van der Waals surface area contributed by atoms with Crippen LogP contribution in [0.2, 0.25) is 5.02 Å². The van der Waals surface area contributed by atoms with E-state index >= 15 is 0 Å². The fourth-order valence-corrected chi connectivity index (χ4v) is 2.99. The van der Waals surface area contributed by atoms with Crippen molar-refractivity contribution < 1.29 is 14.3 Å². The van der Waals surface area contributed by atoms with Crippen LogP contribution < -0.4 is 9.64 Å². The molecule has 0 radical (unpaired) electrons. The Balaban J connectivity index is 1.58. The summed E-state index contributed by atoms with van der Waals surface area (Å²) >= 11 is 5.94. The van der Waals surface area contributed by atoms with Gasteiger partial charge in [0.05, 0.1) is 12.6 Å². The van der Waals surface area contributed by atoms with Gasteiger partial charge in [-0.15, -0.1) is 0 Å². The zero-order chi connectivity index (χ0) is 16.5. The van der Waals surface area contributed by atoms with E-state index in [-0.39, 0.29) is 12.1 Å². The topological polar surface area (TPSA) is 38.8 Å². The standard InChI is InChI=1S/C19H18ClNO3/c20-15-6-8-16(9-7-15)21-18(12-24-19(21)22)14-2-1-3-17(10-14)23-11-13-4-5-13/h1-3,6-10,13,18H,4-5,11-12H2/t18-/m1/s1. The third-order valence-corrected chi connectivity index (χ3v) is 4.66. The molecule has 1 saturated carbocycles. The molecule has 1 amide bonds. The molecule has 1 aliphatic heterocycles. The number of hydrogen-bond donors (Lipinski definition) is 0. The first kappa shape index (κ1) is 15.3. The Morgan fingerprint density at radius 3 is 2.71 bits per heavy atom. The van der Waals surface area contributed by atoms with Gasteiger partial charge in [-0.1, -0.05) is 23.7 Å². The lowest BCUT2D eigenvalue weighted by molar-refractivity contribution is 0.179. The molecule has 1 atom stereocenters. The summed E-state index contributed by atoms with van der Waals surface area (Å²) < 4.78 is 11.1. The second kappa shape index (κ2) is 6.36. The zero-order valence-electron chi connectivity index (χ0n) is 13.2. The minimum absolute atomic E-state index is 0.164. The molecule has 1 saturated heterocycles. The molecule has 24 heavy (non-hydrogen) atoms. The molecule has 0 spiro atoms. The molecule has 4 nitrogen and oxygen atoms in total. The van der Waals surface area contributed by atoms with Gasteiger partial charge in [-0.3, -0.25) is 4.90 Å². The van der Waals surface area contributed by atoms with Gasteiger partial charge in [0.25, 0.3) is 0 Å². The predicted molar refractivity (Wildman–Crippen MR) is 92.7 cm³/mol. The lowest BCUT2D eigenvalue weighted by Gasteiger charge is -2.22. The molecule has 5 heteroatoms. The third-order valence-electron chi connectivity index (χ3n) is 4.40. The number of anilines is 1. The van der Waals surface area contributed by atoms with E-state index in [1.165, 1.54) is 12.8 Å². The molecule has 0 aromatic heterocycles. The van der Waals surface area contributed by atoms with Gasteiger partial charge < -0.3 is 9.47 Å². The van der Waals surface area contributed by atoms with Crippen LogP contribution >= 0.6 is 11.6 Å². The second-order valence-electron chi connectivity index (χ2n) is 6.27. The number of amides is 1. The molecule has 0 N–H and O–H groups in total. The Labute approximate surface area is 145 Å². The van der Waals surface area contributed by atoms with E-state index in [0.717, 1.165) is 23.6 Å². The van der Waals surface area contributed by atoms with Crippen LogP contribution in [0.5, 0.6) is 5.75 Å². The van der Waals surface area contributed by atoms with Crippen molar-refractivity contribution in [1.29, 1.82) is 0 Å². The van der Waals surface area contributed by atoms with Crippen molar-refractivity contribution in [3.05, 3.63) is 59.1 Å². The van der Waals surface area contributed by atoms with Crippen molar-refractivity contribution in [3.63, 3.8) is 0 Å². The van der Waals surface area contributed by atoms with Crippen LogP contribution in [0.15, 0.2) is 48.5 Å². The number of cyclic esters (lactones) is 1. The summed E-state index contributed by atoms with van der Waals surface area (Å²) in [7, 11) is 0. The highest BCUT2D eigenvalue weighted by molar-refractivity contribution is 6.30. The van der Waals surface area contributed by atoms with Gasteiger partial charge in [0.2, 0.25) is 0 Å². The first-order valence-electron chi connectivity index (χ1n) is 8.15. The van der Waals surface area contributed by atoms with Crippen molar-refractivity contribution in [2.75, 3.05) is 18.1 Å². The molecule has 0 bridgehead atoms. The average molecular weight is 344 g/mol. The Morgan fingerprint density at radius 2 is 1.96 bits per heavy atom. The average Bonchev–Trinajstić information content (AvgIpc) is 3.35. The first-order chi connectivity index (χ1) is 11.7. The molecule has 2 fully saturated rings. The van der Waals surface area contributed by atoms with Crippen LogP contribution in [-0.2, 0) is 4.74 Å². The molecule has 1 heterocycles. The molecule has 124 valence electrons. The summed E-state index contributed by atoms with van der Waals surface area (Å²) in [6.45, 7) is 1.10. The summed E-state index contributed by atoms with van der Waals surface area (Å²) in [6.07, 6.45) is 2.18. The van der Waals surface area contributed by atoms with E-state index in [4.69, 9.17) is 21.1 Å². The summed E-state index contributed by atoms with van der Waals surface area (Å²) in [5, 5.41) is 0.637. The molecule has 2 aromatic rings. The van der Waals surface area contributed by atoms with Crippen LogP contribution in [0, 0.1) is 5.92 Å². The smallest absolute Gasteiger partial charge is 0.415 e. The number of nitrogens with zero attached hydrogens (tertiary/aromatic N) is 1. The Bertz CT molecular complexity index is 743. The maximum atomic E-state index is 12.2. The van der Waals surface area contributed by atoms with Gasteiger partial charge >= 0.3 is 6.09 Å². The van der Waals surface area contributed by atoms with E-state index in [2.05, 4.69) is 0 Å². The highest BCUT2D eigenvalue weighted by Gasteiger charge is 2.35. The van der Waals surface area contributed by atoms with Crippen LogP contribution in [0.4, 0.5) is 10.5 Å². The van der Waals surface area contributed by atoms with Gasteiger partial charge in [-0.2, -0.15) is 0 Å². The first-order valence-corrected chi connectivity index (χ1v) is 8.53. The quantitative estimate of drug-likeness (QED) is 0.780. The molecule has 2 aromatic carbocycles. The predicted octanol–water partition coefficient (Wildman–Crippen LogP) is 4.83. The molecule has 0 unspecified atom stereocenters. The number of carbonyl (C=O) groups is 1. The van der Waals surface area contributed by atoms with Gasteiger partial charge in [0.1, 0.15) is 12.4 Å². The van der Waals surface area contributed by atoms with Crippen molar-refractivity contribution in [3.8, 4) is 5.75 Å². The van der Waals surface area contributed by atoms with E-state index in [0.29, 0.717) is 17.5 Å². The normalized spacial score (nSPS) is 20.1. The number of ether oxygens (including phenoxy) is 2. The Kier molecular flexibility index (Phi) is 4.07. The lowest BCUT2D eigenvalue weighted by atomic mass is 10.1. The molecule has 4 rings (SSSR count). The highest BCUT2D eigenvalue weighted by atomic mass is 35.5.